The van der Waals surface area contributed by atoms with Crippen molar-refractivity contribution in [2.75, 3.05) is 0 Å². The van der Waals surface area contributed by atoms with Crippen molar-refractivity contribution in [1.82, 2.24) is 9.78 Å². The fourth-order valence-corrected chi connectivity index (χ4v) is 2.61. The summed E-state index contributed by atoms with van der Waals surface area (Å²) in [6, 6.07) is 0. The number of hydrogen-bond donors (Lipinski definition) is 1. The Bertz CT molecular complexity index is 437. The van der Waals surface area contributed by atoms with Gasteiger partial charge < -0.3 is 5.11 Å². The van der Waals surface area contributed by atoms with Crippen LogP contribution in [0.2, 0.25) is 5.02 Å². The van der Waals surface area contributed by atoms with Gasteiger partial charge in [0.1, 0.15) is 0 Å². The van der Waals surface area contributed by atoms with Gasteiger partial charge in [-0.25, -0.2) is 0 Å². The van der Waals surface area contributed by atoms with E-state index in [9.17, 15) is 5.11 Å². The molecule has 1 atom stereocenters. The van der Waals surface area contributed by atoms with Crippen molar-refractivity contribution in [3.8, 4) is 0 Å². The molecule has 0 saturated carbocycles. The van der Waals surface area contributed by atoms with Crippen LogP contribution in [0.25, 0.3) is 0 Å². The van der Waals surface area contributed by atoms with E-state index in [0.717, 1.165) is 48.5 Å². The van der Waals surface area contributed by atoms with Gasteiger partial charge in [-0.2, -0.15) is 5.10 Å². The smallest absolute Gasteiger partial charge is 0.0850 e. The second kappa shape index (κ2) is 5.23. The van der Waals surface area contributed by atoms with Crippen LogP contribution in [0.15, 0.2) is 11.6 Å². The van der Waals surface area contributed by atoms with E-state index in [4.69, 9.17) is 11.6 Å². The highest BCUT2D eigenvalue weighted by Crippen LogP contribution is 2.26. The molecule has 0 spiro atoms. The minimum absolute atomic E-state index is 0.291. The summed E-state index contributed by atoms with van der Waals surface area (Å²) in [5.74, 6) is 0. The van der Waals surface area contributed by atoms with Gasteiger partial charge in [0.05, 0.1) is 22.5 Å². The van der Waals surface area contributed by atoms with Crippen LogP contribution in [0.5, 0.6) is 0 Å². The molecule has 17 heavy (non-hydrogen) atoms. The van der Waals surface area contributed by atoms with Crippen LogP contribution in [0.1, 0.15) is 37.1 Å². The number of aryl methyl sites for hydroxylation is 2. The molecule has 0 aromatic carbocycles. The Morgan fingerprint density at radius 1 is 1.53 bits per heavy atom. The summed E-state index contributed by atoms with van der Waals surface area (Å²) in [7, 11) is 1.92. The van der Waals surface area contributed by atoms with E-state index in [-0.39, 0.29) is 6.10 Å². The van der Waals surface area contributed by atoms with Crippen LogP contribution in [0, 0.1) is 6.92 Å². The highest BCUT2D eigenvalue weighted by atomic mass is 35.5. The Balaban J connectivity index is 2.19. The lowest BCUT2D eigenvalue weighted by Gasteiger charge is -2.07. The Morgan fingerprint density at radius 2 is 2.29 bits per heavy atom. The summed E-state index contributed by atoms with van der Waals surface area (Å²) < 4.78 is 1.84. The molecule has 1 unspecified atom stereocenters. The largest absolute Gasteiger partial charge is 0.389 e. The zero-order valence-electron chi connectivity index (χ0n) is 10.4. The Morgan fingerprint density at radius 3 is 2.94 bits per heavy atom. The molecule has 0 saturated heterocycles. The van der Waals surface area contributed by atoms with Gasteiger partial charge in [-0.3, -0.25) is 4.68 Å². The molecule has 4 heteroatoms. The number of halogens is 1. The second-order valence-electron chi connectivity index (χ2n) is 4.78. The van der Waals surface area contributed by atoms with Crippen LogP contribution < -0.4 is 0 Å². The van der Waals surface area contributed by atoms with Gasteiger partial charge >= 0.3 is 0 Å². The molecule has 1 aromatic rings. The van der Waals surface area contributed by atoms with Gasteiger partial charge in [0.2, 0.25) is 0 Å². The van der Waals surface area contributed by atoms with Gasteiger partial charge in [0.25, 0.3) is 0 Å². The Hall–Kier alpha value is -0.800. The van der Waals surface area contributed by atoms with Gasteiger partial charge in [-0.15, -0.1) is 0 Å². The lowest BCUT2D eigenvalue weighted by Crippen LogP contribution is -2.04. The predicted octanol–water partition coefficient (Wildman–Crippen LogP) is 2.79. The number of rotatable bonds is 2. The fraction of sp³-hybridized carbons (Fsp3) is 0.615. The number of hydrogen-bond acceptors (Lipinski definition) is 2. The molecule has 0 radical (unpaired) electrons. The minimum atomic E-state index is -0.291. The third-order valence-corrected chi connectivity index (χ3v) is 3.82. The molecule has 3 nitrogen and oxygen atoms in total. The third kappa shape index (κ3) is 2.90. The molecule has 1 heterocycles. The first-order valence-electron chi connectivity index (χ1n) is 6.13. The van der Waals surface area contributed by atoms with Crippen molar-refractivity contribution in [3.63, 3.8) is 0 Å². The highest BCUT2D eigenvalue weighted by molar-refractivity contribution is 6.31. The van der Waals surface area contributed by atoms with E-state index in [1.165, 1.54) is 5.57 Å². The van der Waals surface area contributed by atoms with E-state index in [1.54, 1.807) is 0 Å². The van der Waals surface area contributed by atoms with Crippen LogP contribution in [0.3, 0.4) is 0 Å². The number of aliphatic hydroxyl groups excluding tert-OH is 1. The third-order valence-electron chi connectivity index (χ3n) is 3.33. The zero-order chi connectivity index (χ0) is 12.4. The molecule has 0 fully saturated rings. The summed E-state index contributed by atoms with van der Waals surface area (Å²) in [5.41, 5.74) is 3.20. The lowest BCUT2D eigenvalue weighted by atomic mass is 10.0. The highest BCUT2D eigenvalue weighted by Gasteiger charge is 2.15. The van der Waals surface area contributed by atoms with E-state index in [0.29, 0.717) is 0 Å². The van der Waals surface area contributed by atoms with E-state index in [1.807, 2.05) is 24.7 Å². The molecule has 0 amide bonds. The predicted molar refractivity (Wildman–Crippen MR) is 69.2 cm³/mol. The summed E-state index contributed by atoms with van der Waals surface area (Å²) in [6.07, 6.45) is 6.68. The normalized spacial score (nSPS) is 21.2. The molecule has 94 valence electrons. The molecule has 0 bridgehead atoms. The maximum atomic E-state index is 9.75. The SMILES string of the molecule is Cc1nn(C)c(CC2=CC(O)CCCC2)c1Cl. The lowest BCUT2D eigenvalue weighted by molar-refractivity contribution is 0.211. The topological polar surface area (TPSA) is 38.0 Å². The first-order chi connectivity index (χ1) is 8.08. The quantitative estimate of drug-likeness (QED) is 0.825. The van der Waals surface area contributed by atoms with Gasteiger partial charge in [0, 0.05) is 13.5 Å². The van der Waals surface area contributed by atoms with Gasteiger partial charge in [-0.1, -0.05) is 29.7 Å². The van der Waals surface area contributed by atoms with Crippen LogP contribution in [0.4, 0.5) is 0 Å². The molecule has 1 N–H and O–H groups in total. The summed E-state index contributed by atoms with van der Waals surface area (Å²) >= 11 is 6.24. The van der Waals surface area contributed by atoms with E-state index in [2.05, 4.69) is 5.10 Å². The molecule has 1 aromatic heterocycles. The van der Waals surface area contributed by atoms with Crippen LogP contribution in [-0.2, 0) is 13.5 Å². The molecule has 1 aliphatic rings. The summed E-state index contributed by atoms with van der Waals surface area (Å²) in [5, 5.41) is 14.8. The molecular formula is C13H19ClN2O. The average Bonchev–Trinajstić information content (AvgIpc) is 2.46. The van der Waals surface area contributed by atoms with Gasteiger partial charge in [0.15, 0.2) is 0 Å². The van der Waals surface area contributed by atoms with Crippen LogP contribution >= 0.6 is 11.6 Å². The van der Waals surface area contributed by atoms with Crippen molar-refractivity contribution >= 4 is 11.6 Å². The van der Waals surface area contributed by atoms with E-state index >= 15 is 0 Å². The maximum Gasteiger partial charge on any atom is 0.0850 e. The first-order valence-corrected chi connectivity index (χ1v) is 6.51. The molecule has 2 rings (SSSR count). The standard InChI is InChI=1S/C13H19ClN2O/c1-9-13(14)12(16(2)15-9)8-10-5-3-4-6-11(17)7-10/h7,11,17H,3-6,8H2,1-2H3. The fourth-order valence-electron chi connectivity index (χ4n) is 2.38. The van der Waals surface area contributed by atoms with Gasteiger partial charge in [-0.05, 0) is 26.2 Å². The number of allylic oxidation sites excluding steroid dienone is 1. The average molecular weight is 255 g/mol. The van der Waals surface area contributed by atoms with Crippen LogP contribution in [-0.4, -0.2) is 21.0 Å². The second-order valence-corrected chi connectivity index (χ2v) is 5.16. The van der Waals surface area contributed by atoms with Crippen molar-refractivity contribution in [1.29, 1.82) is 0 Å². The molecular weight excluding hydrogens is 236 g/mol. The van der Waals surface area contributed by atoms with Crippen molar-refractivity contribution in [2.24, 2.45) is 7.05 Å². The zero-order valence-corrected chi connectivity index (χ0v) is 11.2. The number of aromatic nitrogens is 2. The monoisotopic (exact) mass is 254 g/mol. The minimum Gasteiger partial charge on any atom is -0.389 e. The Labute approximate surface area is 107 Å². The van der Waals surface area contributed by atoms with Crippen molar-refractivity contribution in [2.45, 2.75) is 45.1 Å². The Kier molecular flexibility index (Phi) is 3.89. The van der Waals surface area contributed by atoms with E-state index < -0.39 is 0 Å². The van der Waals surface area contributed by atoms with Crippen molar-refractivity contribution < 1.29 is 5.11 Å². The van der Waals surface area contributed by atoms with Crippen molar-refractivity contribution in [3.05, 3.63) is 28.1 Å². The first kappa shape index (κ1) is 12.7. The molecule has 0 aliphatic heterocycles. The maximum absolute atomic E-state index is 9.75. The molecule has 1 aliphatic carbocycles. The number of nitrogens with zero attached hydrogens (tertiary/aromatic N) is 2. The number of aliphatic hydroxyl groups is 1. The summed E-state index contributed by atoms with van der Waals surface area (Å²) in [6.45, 7) is 1.92. The summed E-state index contributed by atoms with van der Waals surface area (Å²) in [4.78, 5) is 0.